The third-order valence-corrected chi connectivity index (χ3v) is 8.41. The number of hydrogen-bond acceptors (Lipinski definition) is 7. The first kappa shape index (κ1) is 25.9. The van der Waals surface area contributed by atoms with E-state index in [-0.39, 0.29) is 5.97 Å². The first-order valence-corrected chi connectivity index (χ1v) is 12.1. The Morgan fingerprint density at radius 2 is 0.714 bits per heavy atom. The molecule has 0 unspecified atom stereocenters. The fourth-order valence-electron chi connectivity index (χ4n) is 3.58. The van der Waals surface area contributed by atoms with Crippen molar-refractivity contribution in [2.75, 3.05) is 42.7 Å². The van der Waals surface area contributed by atoms with Crippen LogP contribution in [0.2, 0.25) is 0 Å². The summed E-state index contributed by atoms with van der Waals surface area (Å²) in [7, 11) is 6.74. The monoisotopic (exact) mass is 503 g/mol. The molecule has 188 valence electrons. The van der Waals surface area contributed by atoms with Crippen LogP contribution in [0.5, 0.6) is 34.5 Å². The van der Waals surface area contributed by atoms with E-state index in [2.05, 4.69) is 0 Å². The predicted molar refractivity (Wildman–Crippen MR) is 135 cm³/mol. The van der Waals surface area contributed by atoms with E-state index in [0.717, 1.165) is 0 Å². The van der Waals surface area contributed by atoms with Gasteiger partial charge in [-0.3, -0.25) is 4.18 Å². The van der Waals surface area contributed by atoms with E-state index in [1.807, 2.05) is 36.4 Å². The van der Waals surface area contributed by atoms with Gasteiger partial charge in [0.1, 0.15) is 34.5 Å². The van der Waals surface area contributed by atoms with E-state index in [9.17, 15) is 4.79 Å². The van der Waals surface area contributed by atoms with E-state index in [0.29, 0.717) is 49.2 Å². The molecule has 0 amide bonds. The maximum absolute atomic E-state index is 10.6. The molecule has 0 spiro atoms. The molecule has 0 heterocycles. The van der Waals surface area contributed by atoms with Crippen molar-refractivity contribution in [1.82, 2.24) is 0 Å². The first-order chi connectivity index (χ1) is 16.8. The molecule has 0 saturated heterocycles. The summed E-state index contributed by atoms with van der Waals surface area (Å²) < 4.78 is 39.8. The van der Waals surface area contributed by atoms with Gasteiger partial charge in [-0.2, -0.15) is 0 Å². The van der Waals surface area contributed by atoms with Crippen LogP contribution in [0, 0.1) is 0 Å². The second kappa shape index (κ2) is 11.1. The van der Waals surface area contributed by atoms with Gasteiger partial charge in [0, 0.05) is 18.2 Å². The minimum absolute atomic E-state index is 0.231. The fourth-order valence-corrected chi connectivity index (χ4v) is 6.74. The molecule has 3 aromatic carbocycles. The summed E-state index contributed by atoms with van der Waals surface area (Å²) in [4.78, 5) is 12.6. The fraction of sp³-hybridized carbons (Fsp3) is 0.269. The van der Waals surface area contributed by atoms with E-state index >= 15 is 0 Å². The Hall–Kier alpha value is -3.72. The minimum atomic E-state index is -2.69. The van der Waals surface area contributed by atoms with Crippen molar-refractivity contribution < 1.29 is 37.4 Å². The molecule has 35 heavy (non-hydrogen) atoms. The van der Waals surface area contributed by atoms with Crippen molar-refractivity contribution in [2.45, 2.75) is 21.6 Å². The highest BCUT2D eigenvalue weighted by molar-refractivity contribution is 8.30. The number of ether oxygens (including phenoxy) is 6. The molecule has 0 radical (unpaired) electrons. The van der Waals surface area contributed by atoms with Gasteiger partial charge >= 0.3 is 5.97 Å². The zero-order valence-electron chi connectivity index (χ0n) is 20.9. The summed E-state index contributed by atoms with van der Waals surface area (Å²) in [6.07, 6.45) is 0. The lowest BCUT2D eigenvalue weighted by atomic mass is 10.3. The van der Waals surface area contributed by atoms with Crippen molar-refractivity contribution in [3.8, 4) is 34.5 Å². The van der Waals surface area contributed by atoms with Gasteiger partial charge in [-0.25, -0.2) is 0 Å². The molecule has 3 aromatic rings. The summed E-state index contributed by atoms with van der Waals surface area (Å²) in [6.45, 7) is 1.48. The maximum atomic E-state index is 10.6. The van der Waals surface area contributed by atoms with Gasteiger partial charge in [0.15, 0.2) is 0 Å². The van der Waals surface area contributed by atoms with Crippen LogP contribution in [0.3, 0.4) is 0 Å². The van der Waals surface area contributed by atoms with E-state index in [4.69, 9.17) is 32.6 Å². The normalized spacial score (nSPS) is 11.3. The molecule has 0 aromatic heterocycles. The third-order valence-electron chi connectivity index (χ3n) is 5.22. The lowest BCUT2D eigenvalue weighted by Crippen LogP contribution is -2.13. The summed E-state index contributed by atoms with van der Waals surface area (Å²) in [5.74, 6) is 3.10. The Labute approximate surface area is 207 Å². The topological polar surface area (TPSA) is 86.0 Å². The number of benzene rings is 3. The molecule has 1 N–H and O–H groups in total. The first-order valence-electron chi connectivity index (χ1n) is 10.6. The summed E-state index contributed by atoms with van der Waals surface area (Å²) in [5.41, 5.74) is 0. The second-order valence-corrected chi connectivity index (χ2v) is 10.00. The lowest BCUT2D eigenvalue weighted by Gasteiger charge is -2.34. The molecule has 9 heteroatoms. The van der Waals surface area contributed by atoms with Gasteiger partial charge in [0.2, 0.25) is 0 Å². The van der Waals surface area contributed by atoms with Gasteiger partial charge in [0.05, 0.1) is 74.6 Å². The Kier molecular flexibility index (Phi) is 8.24. The Morgan fingerprint density at radius 1 is 0.486 bits per heavy atom. The maximum Gasteiger partial charge on any atom is 0.492 e. The van der Waals surface area contributed by atoms with Crippen molar-refractivity contribution in [1.29, 1.82) is 0 Å². The Bertz CT molecular complexity index is 993. The van der Waals surface area contributed by atoms with E-state index < -0.39 is 10.3 Å². The van der Waals surface area contributed by atoms with Crippen molar-refractivity contribution in [3.63, 3.8) is 0 Å². The molecular formula is C26H31O8S+. The predicted octanol–water partition coefficient (Wildman–Crippen LogP) is 5.47. The molecule has 0 atom stereocenters. The second-order valence-electron chi connectivity index (χ2n) is 7.30. The molecule has 8 nitrogen and oxygen atoms in total. The molecular weight excluding hydrogens is 472 g/mol. The van der Waals surface area contributed by atoms with Gasteiger partial charge in [0.25, 0.3) is 0 Å². The van der Waals surface area contributed by atoms with Gasteiger partial charge < -0.3 is 33.2 Å². The molecule has 0 bridgehead atoms. The largest absolute Gasteiger partial charge is 0.497 e. The van der Waals surface area contributed by atoms with Crippen molar-refractivity contribution in [3.05, 3.63) is 54.6 Å². The average molecular weight is 504 g/mol. The zero-order chi connectivity index (χ0) is 25.6. The van der Waals surface area contributed by atoms with E-state index in [1.165, 1.54) is 6.92 Å². The number of rotatable bonds is 10. The van der Waals surface area contributed by atoms with Crippen LogP contribution in [0.15, 0.2) is 69.3 Å². The van der Waals surface area contributed by atoms with E-state index in [1.54, 1.807) is 60.9 Å². The SMILES string of the molecule is COc1cc(OC)cc(S(OC(C)=[OH+])(c2cc(OC)cc(OC)c2)c2cc(OC)cc(OC)c2)c1. The molecule has 0 saturated carbocycles. The molecule has 0 aliphatic rings. The quantitative estimate of drug-likeness (QED) is 0.339. The van der Waals surface area contributed by atoms with Crippen molar-refractivity contribution in [2.24, 2.45) is 0 Å². The minimum Gasteiger partial charge on any atom is -0.497 e. The van der Waals surface area contributed by atoms with Gasteiger partial charge in [-0.15, -0.1) is 0 Å². The van der Waals surface area contributed by atoms with Gasteiger partial charge in [-0.05, 0) is 36.4 Å². The smallest absolute Gasteiger partial charge is 0.492 e. The summed E-state index contributed by atoms with van der Waals surface area (Å²) in [6, 6.07) is 16.4. The Morgan fingerprint density at radius 3 is 0.886 bits per heavy atom. The molecule has 0 fully saturated rings. The standard InChI is InChI=1S/C26H30O8S/c1-17(27)34-35(24-11-18(28-2)8-19(12-24)29-3,25-13-20(30-4)9-21(14-25)31-5)26-15-22(32-6)10-23(16-26)33-7/h8-16H,1-7H3/p+1. The van der Waals surface area contributed by atoms with Crippen LogP contribution < -0.4 is 28.4 Å². The highest BCUT2D eigenvalue weighted by Crippen LogP contribution is 2.71. The third kappa shape index (κ3) is 5.35. The number of methoxy groups -OCH3 is 6. The molecule has 0 aliphatic heterocycles. The van der Waals surface area contributed by atoms with Crippen LogP contribution in [0.4, 0.5) is 0 Å². The van der Waals surface area contributed by atoms with Crippen LogP contribution in [0.1, 0.15) is 6.92 Å². The number of hydrogen-bond donors (Lipinski definition) is 0. The Balaban J connectivity index is 2.54. The van der Waals surface area contributed by atoms with Crippen LogP contribution >= 0.6 is 10.3 Å². The highest BCUT2D eigenvalue weighted by Gasteiger charge is 2.43. The van der Waals surface area contributed by atoms with Crippen LogP contribution in [-0.2, 0) is 4.18 Å². The zero-order valence-corrected chi connectivity index (χ0v) is 21.7. The summed E-state index contributed by atoms with van der Waals surface area (Å²) in [5, 5.41) is 0. The molecule has 3 rings (SSSR count). The van der Waals surface area contributed by atoms with Gasteiger partial charge in [-0.1, -0.05) is 0 Å². The average Bonchev–Trinajstić information content (AvgIpc) is 2.90. The van der Waals surface area contributed by atoms with Crippen LogP contribution in [0.25, 0.3) is 0 Å². The highest BCUT2D eigenvalue weighted by atomic mass is 32.3. The number of carbonyl (C=O) groups excluding carboxylic acids is 1. The lowest BCUT2D eigenvalue weighted by molar-refractivity contribution is 0.390. The van der Waals surface area contributed by atoms with Crippen LogP contribution in [-0.4, -0.2) is 53.4 Å². The molecule has 0 aliphatic carbocycles. The van der Waals surface area contributed by atoms with Crippen molar-refractivity contribution >= 4 is 16.3 Å². The summed E-state index contributed by atoms with van der Waals surface area (Å²) >= 11 is 0.